The summed E-state index contributed by atoms with van der Waals surface area (Å²) >= 11 is 0. The van der Waals surface area contributed by atoms with Crippen molar-refractivity contribution in [2.45, 2.75) is 19.1 Å². The highest BCUT2D eigenvalue weighted by atomic mass is 19.4. The largest absolute Gasteiger partial charge is 0.408 e. The van der Waals surface area contributed by atoms with E-state index in [-0.39, 0.29) is 11.4 Å². The zero-order valence-electron chi connectivity index (χ0n) is 9.50. The number of nitrogens with one attached hydrogen (secondary N) is 1. The molecule has 6 nitrogen and oxygen atoms in total. The molecule has 1 unspecified atom stereocenters. The Bertz CT molecular complexity index is 481. The van der Waals surface area contributed by atoms with E-state index in [1.807, 2.05) is 0 Å². The molecule has 0 aliphatic heterocycles. The van der Waals surface area contributed by atoms with Crippen molar-refractivity contribution in [3.8, 4) is 0 Å². The lowest BCUT2D eigenvalue weighted by molar-refractivity contribution is -0.149. The number of nitrogens with two attached hydrogens (primary N) is 1. The van der Waals surface area contributed by atoms with E-state index in [0.29, 0.717) is 0 Å². The Balaban J connectivity index is 2.88. The molecule has 0 bridgehead atoms. The molecule has 2 amide bonds. The van der Waals surface area contributed by atoms with Crippen molar-refractivity contribution in [3.05, 3.63) is 17.5 Å². The SMILES string of the molecule is CC(NC(=O)c1[c]c(C(N)=O)nn1C)C(F)(F)F. The smallest absolute Gasteiger partial charge is 0.364 e. The molecule has 1 aromatic rings. The fourth-order valence-electron chi connectivity index (χ4n) is 1.08. The predicted molar refractivity (Wildman–Crippen MR) is 53.5 cm³/mol. The van der Waals surface area contributed by atoms with Crippen LogP contribution in [0.25, 0.3) is 0 Å². The minimum Gasteiger partial charge on any atom is -0.364 e. The Kier molecular flexibility index (Phi) is 3.63. The van der Waals surface area contributed by atoms with E-state index < -0.39 is 24.0 Å². The van der Waals surface area contributed by atoms with Crippen LogP contribution in [-0.2, 0) is 7.05 Å². The van der Waals surface area contributed by atoms with Gasteiger partial charge in [0.15, 0.2) is 5.69 Å². The van der Waals surface area contributed by atoms with Crippen LogP contribution >= 0.6 is 0 Å². The molecule has 1 rings (SSSR count). The fourth-order valence-corrected chi connectivity index (χ4v) is 1.08. The van der Waals surface area contributed by atoms with Crippen LogP contribution in [0.15, 0.2) is 0 Å². The van der Waals surface area contributed by atoms with Gasteiger partial charge >= 0.3 is 6.18 Å². The van der Waals surface area contributed by atoms with Crippen molar-refractivity contribution in [3.63, 3.8) is 0 Å². The van der Waals surface area contributed by atoms with Crippen LogP contribution < -0.4 is 11.1 Å². The van der Waals surface area contributed by atoms with Crippen molar-refractivity contribution >= 4 is 11.8 Å². The molecule has 0 aliphatic carbocycles. The minimum absolute atomic E-state index is 0.306. The van der Waals surface area contributed by atoms with Gasteiger partial charge in [-0.1, -0.05) is 0 Å². The third-order valence-electron chi connectivity index (χ3n) is 2.10. The summed E-state index contributed by atoms with van der Waals surface area (Å²) in [6.07, 6.45) is -4.55. The van der Waals surface area contributed by atoms with E-state index in [1.165, 1.54) is 7.05 Å². The van der Waals surface area contributed by atoms with Crippen LogP contribution in [0.5, 0.6) is 0 Å². The maximum atomic E-state index is 12.2. The van der Waals surface area contributed by atoms with Gasteiger partial charge in [-0.2, -0.15) is 18.3 Å². The third kappa shape index (κ3) is 2.99. The lowest BCUT2D eigenvalue weighted by Crippen LogP contribution is -2.43. The van der Waals surface area contributed by atoms with Crippen molar-refractivity contribution in [1.82, 2.24) is 15.1 Å². The molecular weight excluding hydrogens is 253 g/mol. The molecule has 1 radical (unpaired) electrons. The topological polar surface area (TPSA) is 90.0 Å². The summed E-state index contributed by atoms with van der Waals surface area (Å²) in [6, 6.07) is 0.213. The van der Waals surface area contributed by atoms with Gasteiger partial charge in [0.05, 0.1) is 6.07 Å². The van der Waals surface area contributed by atoms with Crippen LogP contribution in [-0.4, -0.2) is 33.8 Å². The number of amides is 2. The molecule has 9 heteroatoms. The predicted octanol–water partition coefficient (Wildman–Crippen LogP) is -0.000210. The molecule has 0 saturated carbocycles. The number of carbonyl (C=O) groups excluding carboxylic acids is 2. The van der Waals surface area contributed by atoms with E-state index in [4.69, 9.17) is 5.73 Å². The first-order valence-corrected chi connectivity index (χ1v) is 4.76. The van der Waals surface area contributed by atoms with Gasteiger partial charge in [0, 0.05) is 7.05 Å². The quantitative estimate of drug-likeness (QED) is 0.804. The van der Waals surface area contributed by atoms with Crippen LogP contribution in [0.4, 0.5) is 13.2 Å². The second kappa shape index (κ2) is 4.67. The van der Waals surface area contributed by atoms with Crippen LogP contribution in [0.2, 0.25) is 0 Å². The lowest BCUT2D eigenvalue weighted by atomic mass is 10.3. The van der Waals surface area contributed by atoms with Crippen molar-refractivity contribution in [2.24, 2.45) is 12.8 Å². The fraction of sp³-hybridized carbons (Fsp3) is 0.444. The van der Waals surface area contributed by atoms with Crippen molar-refractivity contribution in [1.29, 1.82) is 0 Å². The van der Waals surface area contributed by atoms with Crippen LogP contribution in [0.1, 0.15) is 27.9 Å². The van der Waals surface area contributed by atoms with Gasteiger partial charge < -0.3 is 11.1 Å². The number of aromatic nitrogens is 2. The molecule has 0 aromatic carbocycles. The van der Waals surface area contributed by atoms with Gasteiger partial charge in [-0.15, -0.1) is 0 Å². The van der Waals surface area contributed by atoms with Gasteiger partial charge in [0.25, 0.3) is 11.8 Å². The normalized spacial score (nSPS) is 13.2. The Morgan fingerprint density at radius 1 is 1.50 bits per heavy atom. The van der Waals surface area contributed by atoms with Crippen LogP contribution in [0.3, 0.4) is 0 Å². The summed E-state index contributed by atoms with van der Waals surface area (Å²) in [6.45, 7) is 0.795. The van der Waals surface area contributed by atoms with E-state index >= 15 is 0 Å². The second-order valence-electron chi connectivity index (χ2n) is 3.55. The highest BCUT2D eigenvalue weighted by Crippen LogP contribution is 2.19. The number of rotatable bonds is 3. The first kappa shape index (κ1) is 14.0. The summed E-state index contributed by atoms with van der Waals surface area (Å²) in [5, 5.41) is 5.27. The Labute approximate surface area is 99.9 Å². The molecule has 0 fully saturated rings. The molecular formula is C9H10F3N4O2. The van der Waals surface area contributed by atoms with Crippen molar-refractivity contribution in [2.75, 3.05) is 0 Å². The Hall–Kier alpha value is -2.06. The first-order valence-electron chi connectivity index (χ1n) is 4.76. The monoisotopic (exact) mass is 263 g/mol. The maximum absolute atomic E-state index is 12.2. The molecule has 99 valence electrons. The van der Waals surface area contributed by atoms with E-state index in [9.17, 15) is 22.8 Å². The second-order valence-corrected chi connectivity index (χ2v) is 3.55. The average Bonchev–Trinajstić information content (AvgIpc) is 2.58. The molecule has 0 spiro atoms. The number of alkyl halides is 3. The summed E-state index contributed by atoms with van der Waals surface area (Å²) in [7, 11) is 1.29. The molecule has 1 aromatic heterocycles. The minimum atomic E-state index is -4.55. The molecule has 3 N–H and O–H groups in total. The van der Waals surface area contributed by atoms with Gasteiger partial charge in [0.1, 0.15) is 11.7 Å². The van der Waals surface area contributed by atoms with Gasteiger partial charge in [-0.05, 0) is 6.92 Å². The zero-order chi connectivity index (χ0) is 14.1. The highest BCUT2D eigenvalue weighted by molar-refractivity contribution is 5.96. The Morgan fingerprint density at radius 3 is 2.44 bits per heavy atom. The standard InChI is InChI=1S/C9H10F3N4O2/c1-4(9(10,11)12)14-8(18)6-3-5(7(13)17)15-16(6)2/h4H,1-2H3,(H2,13,17)(H,14,18). The van der Waals surface area contributed by atoms with Gasteiger partial charge in [-0.25, -0.2) is 0 Å². The number of carbonyl (C=O) groups is 2. The van der Waals surface area contributed by atoms with E-state index in [1.54, 1.807) is 5.32 Å². The number of primary amides is 1. The molecule has 1 heterocycles. The van der Waals surface area contributed by atoms with E-state index in [2.05, 4.69) is 11.2 Å². The molecule has 18 heavy (non-hydrogen) atoms. The van der Waals surface area contributed by atoms with Crippen molar-refractivity contribution < 1.29 is 22.8 Å². The summed E-state index contributed by atoms with van der Waals surface area (Å²) in [5.41, 5.74) is 4.29. The molecule has 1 atom stereocenters. The highest BCUT2D eigenvalue weighted by Gasteiger charge is 2.37. The number of hydrogen-bond acceptors (Lipinski definition) is 3. The number of halogens is 3. The van der Waals surface area contributed by atoms with Gasteiger partial charge in [-0.3, -0.25) is 14.3 Å². The van der Waals surface area contributed by atoms with E-state index in [0.717, 1.165) is 11.6 Å². The Morgan fingerprint density at radius 2 is 2.06 bits per heavy atom. The maximum Gasteiger partial charge on any atom is 0.408 e. The van der Waals surface area contributed by atoms with Crippen LogP contribution in [0, 0.1) is 6.07 Å². The third-order valence-corrected chi connectivity index (χ3v) is 2.10. The number of hydrogen-bond donors (Lipinski definition) is 2. The zero-order valence-corrected chi connectivity index (χ0v) is 9.50. The lowest BCUT2D eigenvalue weighted by Gasteiger charge is -2.16. The summed E-state index contributed by atoms with van der Waals surface area (Å²) in [4.78, 5) is 22.3. The number of aryl methyl sites for hydroxylation is 1. The summed E-state index contributed by atoms with van der Waals surface area (Å²) in [5.74, 6) is -1.96. The molecule has 0 aliphatic rings. The van der Waals surface area contributed by atoms with Gasteiger partial charge in [0.2, 0.25) is 0 Å². The summed E-state index contributed by atoms with van der Waals surface area (Å²) < 4.78 is 37.6. The molecule has 0 saturated heterocycles. The first-order chi connectivity index (χ1) is 8.12. The number of nitrogens with zero attached hydrogens (tertiary/aromatic N) is 2. The average molecular weight is 263 g/mol.